The zero-order chi connectivity index (χ0) is 8.97. The van der Waals surface area contributed by atoms with E-state index < -0.39 is 0 Å². The third kappa shape index (κ3) is 1.89. The smallest absolute Gasteiger partial charge is 0.172 e. The van der Waals surface area contributed by atoms with Crippen molar-refractivity contribution in [2.24, 2.45) is 0 Å². The van der Waals surface area contributed by atoms with Crippen LogP contribution in [-0.4, -0.2) is 12.2 Å². The summed E-state index contributed by atoms with van der Waals surface area (Å²) in [6.07, 6.45) is 0.846. The number of hydrogen-bond donors (Lipinski definition) is 1. The molecule has 0 saturated heterocycles. The largest absolute Gasteiger partial charge is 0.508 e. The van der Waals surface area contributed by atoms with E-state index in [1.54, 1.807) is 6.07 Å². The Morgan fingerprint density at radius 1 is 1.42 bits per heavy atom. The predicted molar refractivity (Wildman–Crippen MR) is 45.1 cm³/mol. The monoisotopic (exact) mass is 168 g/mol. The molecule has 3 heteroatoms. The molecule has 0 aliphatic rings. The SMILES string of the molecule is CCc1ccc(O)cc1OOC. The molecule has 0 radical (unpaired) electrons. The second-order valence-corrected chi connectivity index (χ2v) is 2.40. The molecule has 0 bridgehead atoms. The molecule has 1 N–H and O–H groups in total. The number of hydrogen-bond acceptors (Lipinski definition) is 3. The van der Waals surface area contributed by atoms with Crippen LogP contribution < -0.4 is 4.89 Å². The Hall–Kier alpha value is -1.22. The van der Waals surface area contributed by atoms with Gasteiger partial charge >= 0.3 is 0 Å². The molecule has 0 heterocycles. The lowest BCUT2D eigenvalue weighted by Crippen LogP contribution is -1.94. The summed E-state index contributed by atoms with van der Waals surface area (Å²) in [6.45, 7) is 2.01. The van der Waals surface area contributed by atoms with E-state index in [2.05, 4.69) is 4.89 Å². The lowest BCUT2D eigenvalue weighted by atomic mass is 10.1. The molecule has 0 unspecified atom stereocenters. The van der Waals surface area contributed by atoms with Gasteiger partial charge in [0.1, 0.15) is 5.75 Å². The first kappa shape index (κ1) is 8.87. The Labute approximate surface area is 71.5 Å². The molecule has 12 heavy (non-hydrogen) atoms. The molecule has 0 aliphatic carbocycles. The van der Waals surface area contributed by atoms with Crippen LogP contribution in [-0.2, 0) is 11.3 Å². The van der Waals surface area contributed by atoms with Crippen LogP contribution in [0.2, 0.25) is 0 Å². The molecule has 0 saturated carbocycles. The summed E-state index contributed by atoms with van der Waals surface area (Å²) in [7, 11) is 1.43. The van der Waals surface area contributed by atoms with Crippen molar-refractivity contribution in [2.45, 2.75) is 13.3 Å². The van der Waals surface area contributed by atoms with Crippen LogP contribution in [0.3, 0.4) is 0 Å². The molecular weight excluding hydrogens is 156 g/mol. The van der Waals surface area contributed by atoms with Gasteiger partial charge in [-0.25, -0.2) is 0 Å². The predicted octanol–water partition coefficient (Wildman–Crippen LogP) is 1.89. The maximum Gasteiger partial charge on any atom is 0.172 e. The fraction of sp³-hybridized carbons (Fsp3) is 0.333. The maximum atomic E-state index is 9.12. The van der Waals surface area contributed by atoms with E-state index >= 15 is 0 Å². The van der Waals surface area contributed by atoms with Gasteiger partial charge in [-0.3, -0.25) is 0 Å². The van der Waals surface area contributed by atoms with Crippen LogP contribution in [0, 0.1) is 0 Å². The lowest BCUT2D eigenvalue weighted by molar-refractivity contribution is -0.178. The number of phenolic OH excluding ortho intramolecular Hbond substituents is 1. The van der Waals surface area contributed by atoms with Crippen molar-refractivity contribution in [1.29, 1.82) is 0 Å². The Balaban J connectivity index is 2.95. The van der Waals surface area contributed by atoms with Gasteiger partial charge in [-0.05, 0) is 18.1 Å². The summed E-state index contributed by atoms with van der Waals surface area (Å²) in [4.78, 5) is 9.36. The first-order chi connectivity index (χ1) is 5.77. The molecular formula is C9H12O3. The summed E-state index contributed by atoms with van der Waals surface area (Å²) in [5.74, 6) is 0.749. The van der Waals surface area contributed by atoms with Crippen molar-refractivity contribution in [3.63, 3.8) is 0 Å². The van der Waals surface area contributed by atoms with E-state index in [1.165, 1.54) is 13.2 Å². The third-order valence-corrected chi connectivity index (χ3v) is 1.60. The van der Waals surface area contributed by atoms with E-state index in [9.17, 15) is 0 Å². The van der Waals surface area contributed by atoms with Crippen molar-refractivity contribution >= 4 is 0 Å². The van der Waals surface area contributed by atoms with Crippen molar-refractivity contribution < 1.29 is 14.9 Å². The van der Waals surface area contributed by atoms with Gasteiger partial charge in [0.05, 0.1) is 7.11 Å². The molecule has 3 nitrogen and oxygen atoms in total. The van der Waals surface area contributed by atoms with Crippen LogP contribution in [0.5, 0.6) is 11.5 Å². The van der Waals surface area contributed by atoms with E-state index in [1.807, 2.05) is 13.0 Å². The van der Waals surface area contributed by atoms with Gasteiger partial charge in [0.15, 0.2) is 5.75 Å². The minimum atomic E-state index is 0.180. The Morgan fingerprint density at radius 3 is 2.75 bits per heavy atom. The van der Waals surface area contributed by atoms with E-state index in [0.717, 1.165) is 12.0 Å². The van der Waals surface area contributed by atoms with Gasteiger partial charge in [-0.1, -0.05) is 13.0 Å². The van der Waals surface area contributed by atoms with Crippen molar-refractivity contribution in [1.82, 2.24) is 0 Å². The number of rotatable bonds is 3. The van der Waals surface area contributed by atoms with Crippen LogP contribution in [0.1, 0.15) is 12.5 Å². The van der Waals surface area contributed by atoms with Gasteiger partial charge in [-0.15, -0.1) is 0 Å². The average Bonchev–Trinajstić information content (AvgIpc) is 2.05. The standard InChI is InChI=1S/C9H12O3/c1-3-7-4-5-8(10)6-9(7)12-11-2/h4-6,10H,3H2,1-2H3. The Morgan fingerprint density at radius 2 is 2.17 bits per heavy atom. The number of benzene rings is 1. The molecule has 0 atom stereocenters. The quantitative estimate of drug-likeness (QED) is 0.553. The molecule has 0 amide bonds. The highest BCUT2D eigenvalue weighted by Crippen LogP contribution is 2.24. The van der Waals surface area contributed by atoms with Gasteiger partial charge < -0.3 is 9.99 Å². The molecule has 1 aromatic carbocycles. The topological polar surface area (TPSA) is 38.7 Å². The van der Waals surface area contributed by atoms with E-state index in [4.69, 9.17) is 9.99 Å². The Kier molecular flexibility index (Phi) is 2.94. The first-order valence-electron chi connectivity index (χ1n) is 3.80. The van der Waals surface area contributed by atoms with E-state index in [-0.39, 0.29) is 5.75 Å². The van der Waals surface area contributed by atoms with Crippen molar-refractivity contribution in [2.75, 3.05) is 7.11 Å². The highest BCUT2D eigenvalue weighted by molar-refractivity contribution is 5.39. The fourth-order valence-electron chi connectivity index (χ4n) is 1.00. The van der Waals surface area contributed by atoms with E-state index in [0.29, 0.717) is 5.75 Å². The molecule has 1 rings (SSSR count). The minimum Gasteiger partial charge on any atom is -0.508 e. The summed E-state index contributed by atoms with van der Waals surface area (Å²) in [5, 5.41) is 9.12. The van der Waals surface area contributed by atoms with Gasteiger partial charge in [0, 0.05) is 6.07 Å². The second kappa shape index (κ2) is 3.97. The molecule has 0 fully saturated rings. The highest BCUT2D eigenvalue weighted by atomic mass is 17.2. The lowest BCUT2D eigenvalue weighted by Gasteiger charge is -2.06. The third-order valence-electron chi connectivity index (χ3n) is 1.60. The van der Waals surface area contributed by atoms with Gasteiger partial charge in [0.2, 0.25) is 0 Å². The molecule has 0 aliphatic heterocycles. The molecule has 66 valence electrons. The Bertz CT molecular complexity index is 258. The zero-order valence-electron chi connectivity index (χ0n) is 7.20. The minimum absolute atomic E-state index is 0.180. The average molecular weight is 168 g/mol. The van der Waals surface area contributed by atoms with Crippen molar-refractivity contribution in [3.8, 4) is 11.5 Å². The normalized spacial score (nSPS) is 9.83. The van der Waals surface area contributed by atoms with Crippen molar-refractivity contribution in [3.05, 3.63) is 23.8 Å². The second-order valence-electron chi connectivity index (χ2n) is 2.40. The highest BCUT2D eigenvalue weighted by Gasteiger charge is 2.03. The summed E-state index contributed by atoms with van der Waals surface area (Å²) >= 11 is 0. The molecule has 0 aromatic heterocycles. The first-order valence-corrected chi connectivity index (χ1v) is 3.80. The number of aromatic hydroxyl groups is 1. The number of aryl methyl sites for hydroxylation is 1. The van der Waals surface area contributed by atoms with Crippen LogP contribution in [0.25, 0.3) is 0 Å². The maximum absolute atomic E-state index is 9.12. The fourth-order valence-corrected chi connectivity index (χ4v) is 1.00. The summed E-state index contributed by atoms with van der Waals surface area (Å²) < 4.78 is 0. The number of phenols is 1. The van der Waals surface area contributed by atoms with Gasteiger partial charge in [0.25, 0.3) is 0 Å². The summed E-state index contributed by atoms with van der Waals surface area (Å²) in [5.41, 5.74) is 1.01. The molecule has 1 aromatic rings. The van der Waals surface area contributed by atoms with Gasteiger partial charge in [-0.2, -0.15) is 4.89 Å². The van der Waals surface area contributed by atoms with Crippen LogP contribution >= 0.6 is 0 Å². The van der Waals surface area contributed by atoms with Crippen LogP contribution in [0.4, 0.5) is 0 Å². The summed E-state index contributed by atoms with van der Waals surface area (Å²) in [6, 6.07) is 4.97. The van der Waals surface area contributed by atoms with Crippen LogP contribution in [0.15, 0.2) is 18.2 Å². The zero-order valence-corrected chi connectivity index (χ0v) is 7.20. The molecule has 0 spiro atoms.